The molecule has 1 aliphatic rings. The van der Waals surface area contributed by atoms with Gasteiger partial charge in [0.1, 0.15) is 6.61 Å². The van der Waals surface area contributed by atoms with Gasteiger partial charge in [0.05, 0.1) is 12.1 Å². The Bertz CT molecular complexity index is 963. The smallest absolute Gasteiger partial charge is 0.237 e. The van der Waals surface area contributed by atoms with Crippen molar-refractivity contribution in [1.82, 2.24) is 10.6 Å². The number of ether oxygens (including phenoxy) is 1. The van der Waals surface area contributed by atoms with Crippen LogP contribution in [0.1, 0.15) is 22.7 Å². The lowest BCUT2D eigenvalue weighted by atomic mass is 9.98. The van der Waals surface area contributed by atoms with E-state index in [1.165, 1.54) is 6.07 Å². The van der Waals surface area contributed by atoms with Crippen LogP contribution in [0.5, 0.6) is 5.75 Å². The second-order valence-corrected chi connectivity index (χ2v) is 7.17. The van der Waals surface area contributed by atoms with Gasteiger partial charge in [-0.2, -0.15) is 0 Å². The molecule has 5 heteroatoms. The number of benzene rings is 3. The van der Waals surface area contributed by atoms with Gasteiger partial charge in [0, 0.05) is 6.54 Å². The van der Waals surface area contributed by atoms with E-state index >= 15 is 0 Å². The Kier molecular flexibility index (Phi) is 5.86. The quantitative estimate of drug-likeness (QED) is 0.674. The largest absolute Gasteiger partial charge is 0.486 e. The average Bonchev–Trinajstić information content (AvgIpc) is 2.76. The second-order valence-electron chi connectivity index (χ2n) is 7.17. The number of piperazine rings is 1. The first-order chi connectivity index (χ1) is 14.2. The van der Waals surface area contributed by atoms with E-state index in [2.05, 4.69) is 10.6 Å². The van der Waals surface area contributed by atoms with E-state index in [9.17, 15) is 9.18 Å². The predicted octanol–water partition coefficient (Wildman–Crippen LogP) is 3.78. The Morgan fingerprint density at radius 1 is 0.931 bits per heavy atom. The van der Waals surface area contributed by atoms with Gasteiger partial charge in [0.25, 0.3) is 0 Å². The van der Waals surface area contributed by atoms with E-state index in [1.807, 2.05) is 66.7 Å². The molecular weight excluding hydrogens is 367 g/mol. The first-order valence-corrected chi connectivity index (χ1v) is 9.73. The minimum absolute atomic E-state index is 0.0339. The van der Waals surface area contributed by atoms with Crippen LogP contribution in [0.2, 0.25) is 0 Å². The number of carbonyl (C=O) groups is 1. The zero-order chi connectivity index (χ0) is 20.1. The van der Waals surface area contributed by atoms with E-state index in [4.69, 9.17) is 4.74 Å². The standard InChI is InChI=1S/C24H23FN2O2/c25-20-14-19(11-12-23(20)29-16-18-9-5-2-6-10-18)22-15-26-24(28)21(27-22)13-17-7-3-1-4-8-17/h1-12,14,21-22,27H,13,15-16H2,(H,26,28)/t21-,22+/m0/s1. The van der Waals surface area contributed by atoms with Gasteiger partial charge in [-0.1, -0.05) is 66.7 Å². The molecule has 4 nitrogen and oxygen atoms in total. The molecule has 0 spiro atoms. The molecule has 1 saturated heterocycles. The molecule has 2 N–H and O–H groups in total. The lowest BCUT2D eigenvalue weighted by Crippen LogP contribution is -2.55. The minimum atomic E-state index is -0.406. The van der Waals surface area contributed by atoms with Gasteiger partial charge < -0.3 is 10.1 Å². The van der Waals surface area contributed by atoms with E-state index in [-0.39, 0.29) is 23.7 Å². The molecule has 0 radical (unpaired) electrons. The number of halogens is 1. The third-order valence-corrected chi connectivity index (χ3v) is 5.08. The fraction of sp³-hybridized carbons (Fsp3) is 0.208. The van der Waals surface area contributed by atoms with E-state index in [0.29, 0.717) is 19.6 Å². The van der Waals surface area contributed by atoms with Crippen LogP contribution in [-0.4, -0.2) is 18.5 Å². The molecule has 1 amide bonds. The predicted molar refractivity (Wildman–Crippen MR) is 110 cm³/mol. The van der Waals surface area contributed by atoms with Gasteiger partial charge in [-0.25, -0.2) is 4.39 Å². The molecule has 0 saturated carbocycles. The van der Waals surface area contributed by atoms with Gasteiger partial charge in [-0.3, -0.25) is 10.1 Å². The highest BCUT2D eigenvalue weighted by Gasteiger charge is 2.29. The van der Waals surface area contributed by atoms with E-state index in [0.717, 1.165) is 16.7 Å². The summed E-state index contributed by atoms with van der Waals surface area (Å²) in [5.41, 5.74) is 2.85. The third kappa shape index (κ3) is 4.81. The summed E-state index contributed by atoms with van der Waals surface area (Å²) < 4.78 is 20.2. The van der Waals surface area contributed by atoms with Gasteiger partial charge in [-0.15, -0.1) is 0 Å². The molecule has 0 bridgehead atoms. The maximum atomic E-state index is 14.6. The molecule has 1 aliphatic heterocycles. The van der Waals surface area contributed by atoms with Crippen molar-refractivity contribution in [2.75, 3.05) is 6.54 Å². The van der Waals surface area contributed by atoms with E-state index < -0.39 is 5.82 Å². The van der Waals surface area contributed by atoms with Crippen molar-refractivity contribution in [3.63, 3.8) is 0 Å². The zero-order valence-electron chi connectivity index (χ0n) is 16.0. The highest BCUT2D eigenvalue weighted by molar-refractivity contribution is 5.83. The summed E-state index contributed by atoms with van der Waals surface area (Å²) in [6.07, 6.45) is 0.587. The lowest BCUT2D eigenvalue weighted by Gasteiger charge is -2.31. The van der Waals surface area contributed by atoms with Crippen molar-refractivity contribution in [1.29, 1.82) is 0 Å². The first-order valence-electron chi connectivity index (χ1n) is 9.73. The number of hydrogen-bond acceptors (Lipinski definition) is 3. The Morgan fingerprint density at radius 2 is 1.62 bits per heavy atom. The zero-order valence-corrected chi connectivity index (χ0v) is 16.0. The summed E-state index contributed by atoms with van der Waals surface area (Å²) in [6.45, 7) is 0.738. The van der Waals surface area contributed by atoms with Gasteiger partial charge in [0.15, 0.2) is 11.6 Å². The van der Waals surface area contributed by atoms with Crippen LogP contribution in [0.4, 0.5) is 4.39 Å². The maximum absolute atomic E-state index is 14.6. The first kappa shape index (κ1) is 19.2. The van der Waals surface area contributed by atoms with Gasteiger partial charge in [0.2, 0.25) is 5.91 Å². The number of carbonyl (C=O) groups excluding carboxylic acids is 1. The van der Waals surface area contributed by atoms with Crippen molar-refractivity contribution in [3.8, 4) is 5.75 Å². The minimum Gasteiger partial charge on any atom is -0.486 e. The molecule has 1 fully saturated rings. The fourth-order valence-corrected chi connectivity index (χ4v) is 3.51. The molecule has 0 unspecified atom stereocenters. The second kappa shape index (κ2) is 8.88. The Labute approximate surface area is 169 Å². The van der Waals surface area contributed by atoms with Crippen LogP contribution in [0.15, 0.2) is 78.9 Å². The van der Waals surface area contributed by atoms with Crippen molar-refractivity contribution < 1.29 is 13.9 Å². The summed E-state index contributed by atoms with van der Waals surface area (Å²) >= 11 is 0. The van der Waals surface area contributed by atoms with Crippen molar-refractivity contribution in [3.05, 3.63) is 101 Å². The topological polar surface area (TPSA) is 50.4 Å². The molecular formula is C24H23FN2O2. The van der Waals surface area contributed by atoms with Crippen LogP contribution in [-0.2, 0) is 17.8 Å². The van der Waals surface area contributed by atoms with Crippen LogP contribution in [0.25, 0.3) is 0 Å². The molecule has 3 aromatic carbocycles. The summed E-state index contributed by atoms with van der Waals surface area (Å²) in [4.78, 5) is 12.2. The summed E-state index contributed by atoms with van der Waals surface area (Å²) in [7, 11) is 0. The van der Waals surface area contributed by atoms with Crippen molar-refractivity contribution in [2.24, 2.45) is 0 Å². The lowest BCUT2D eigenvalue weighted by molar-refractivity contribution is -0.125. The van der Waals surface area contributed by atoms with Crippen LogP contribution >= 0.6 is 0 Å². The fourth-order valence-electron chi connectivity index (χ4n) is 3.51. The average molecular weight is 390 g/mol. The molecule has 0 aromatic heterocycles. The number of rotatable bonds is 6. The molecule has 29 heavy (non-hydrogen) atoms. The van der Waals surface area contributed by atoms with Crippen molar-refractivity contribution in [2.45, 2.75) is 25.1 Å². The van der Waals surface area contributed by atoms with Crippen LogP contribution in [0.3, 0.4) is 0 Å². The monoisotopic (exact) mass is 390 g/mol. The Balaban J connectivity index is 1.42. The van der Waals surface area contributed by atoms with Crippen molar-refractivity contribution >= 4 is 5.91 Å². The Hall–Kier alpha value is -3.18. The summed E-state index contributed by atoms with van der Waals surface area (Å²) in [5.74, 6) is -0.219. The molecule has 2 atom stereocenters. The maximum Gasteiger partial charge on any atom is 0.237 e. The molecule has 4 rings (SSSR count). The molecule has 3 aromatic rings. The summed E-state index contributed by atoms with van der Waals surface area (Å²) in [6, 6.07) is 24.0. The Morgan fingerprint density at radius 3 is 2.31 bits per heavy atom. The number of amides is 1. The molecule has 0 aliphatic carbocycles. The highest BCUT2D eigenvalue weighted by Crippen LogP contribution is 2.24. The number of nitrogens with one attached hydrogen (secondary N) is 2. The normalized spacial score (nSPS) is 18.9. The SMILES string of the molecule is O=C1NC[C@H](c2ccc(OCc3ccccc3)c(F)c2)N[C@H]1Cc1ccccc1. The van der Waals surface area contributed by atoms with Crippen LogP contribution < -0.4 is 15.4 Å². The van der Waals surface area contributed by atoms with E-state index in [1.54, 1.807) is 6.07 Å². The molecule has 1 heterocycles. The summed E-state index contributed by atoms with van der Waals surface area (Å²) in [5, 5.41) is 6.28. The van der Waals surface area contributed by atoms with Crippen LogP contribution in [0, 0.1) is 5.82 Å². The van der Waals surface area contributed by atoms with Gasteiger partial charge in [-0.05, 0) is 35.2 Å². The number of hydrogen-bond donors (Lipinski definition) is 2. The molecule has 148 valence electrons. The highest BCUT2D eigenvalue weighted by atomic mass is 19.1. The third-order valence-electron chi connectivity index (χ3n) is 5.08. The van der Waals surface area contributed by atoms with Gasteiger partial charge >= 0.3 is 0 Å².